The lowest BCUT2D eigenvalue weighted by Gasteiger charge is -1.89. The first kappa shape index (κ1) is 7.44. The largest absolute Gasteiger partial charge is 0.271 e. The van der Waals surface area contributed by atoms with E-state index in [0.717, 1.165) is 5.57 Å². The topological polar surface area (TPSA) is 12.4 Å². The second-order valence-electron chi connectivity index (χ2n) is 1.44. The van der Waals surface area contributed by atoms with Gasteiger partial charge in [-0.25, -0.2) is 0 Å². The summed E-state index contributed by atoms with van der Waals surface area (Å²) < 4.78 is 0. The lowest BCUT2D eigenvalue weighted by Crippen LogP contribution is -1.68. The highest BCUT2D eigenvalue weighted by Gasteiger charge is 1.86. The molecule has 1 nitrogen and oxygen atoms in total. The average Bonchev–Trinajstić information content (AvgIpc) is 1.67. The average molecular weight is 130 g/mol. The minimum absolute atomic E-state index is 0.556. The van der Waals surface area contributed by atoms with E-state index in [-0.39, 0.29) is 0 Å². The van der Waals surface area contributed by atoms with Crippen LogP contribution in [0.5, 0.6) is 0 Å². The molecule has 0 rings (SSSR count). The van der Waals surface area contributed by atoms with Gasteiger partial charge in [-0.1, -0.05) is 18.2 Å². The Balaban J connectivity index is 3.99. The highest BCUT2D eigenvalue weighted by Crippen LogP contribution is 2.10. The third kappa shape index (κ3) is 2.59. The Bertz CT molecular complexity index is 135. The fourth-order valence-corrected chi connectivity index (χ4v) is 0.259. The predicted molar refractivity (Wildman–Crippen MR) is 38.3 cm³/mol. The lowest BCUT2D eigenvalue weighted by molar-refractivity contribution is 1.47. The van der Waals surface area contributed by atoms with Gasteiger partial charge in [0.15, 0.2) is 0 Å². The van der Waals surface area contributed by atoms with Crippen LogP contribution in [0, 0.1) is 0 Å². The van der Waals surface area contributed by atoms with Crippen molar-refractivity contribution >= 4 is 18.3 Å². The summed E-state index contributed by atoms with van der Waals surface area (Å²) in [4.78, 5) is 3.45. The van der Waals surface area contributed by atoms with Gasteiger partial charge in [-0.2, -0.15) is 0 Å². The van der Waals surface area contributed by atoms with E-state index >= 15 is 0 Å². The Kier molecular flexibility index (Phi) is 3.20. The van der Waals surface area contributed by atoms with E-state index < -0.39 is 0 Å². The second-order valence-corrected chi connectivity index (χ2v) is 1.85. The number of halogens is 1. The normalized spacial score (nSPS) is 11.0. The molecule has 0 aromatic carbocycles. The SMILES string of the molecule is C=N/C=C(/Cl)C(=C)C. The van der Waals surface area contributed by atoms with Crippen LogP contribution in [0.15, 0.2) is 28.4 Å². The Labute approximate surface area is 54.4 Å². The molecule has 44 valence electrons. The van der Waals surface area contributed by atoms with Crippen LogP contribution < -0.4 is 0 Å². The maximum Gasteiger partial charge on any atom is 0.0611 e. The maximum absolute atomic E-state index is 5.54. The lowest BCUT2D eigenvalue weighted by atomic mass is 10.3. The Morgan fingerprint density at radius 1 is 1.75 bits per heavy atom. The van der Waals surface area contributed by atoms with Crippen molar-refractivity contribution in [2.24, 2.45) is 4.99 Å². The molecule has 0 aromatic heterocycles. The second kappa shape index (κ2) is 3.44. The third-order valence-corrected chi connectivity index (χ3v) is 1.03. The molecule has 0 saturated heterocycles. The molecule has 0 radical (unpaired) electrons. The highest BCUT2D eigenvalue weighted by atomic mass is 35.5. The zero-order valence-corrected chi connectivity index (χ0v) is 5.57. The van der Waals surface area contributed by atoms with Crippen LogP contribution in [0.2, 0.25) is 0 Å². The van der Waals surface area contributed by atoms with Crippen molar-refractivity contribution in [3.05, 3.63) is 23.4 Å². The molecule has 0 bridgehead atoms. The van der Waals surface area contributed by atoms with E-state index in [9.17, 15) is 0 Å². The van der Waals surface area contributed by atoms with Crippen molar-refractivity contribution in [1.82, 2.24) is 0 Å². The van der Waals surface area contributed by atoms with Crippen LogP contribution in [0.25, 0.3) is 0 Å². The number of nitrogens with zero attached hydrogens (tertiary/aromatic N) is 1. The number of allylic oxidation sites excluding steroid dienone is 2. The van der Waals surface area contributed by atoms with Gasteiger partial charge in [-0.15, -0.1) is 0 Å². The molecular formula is C6H8ClN. The van der Waals surface area contributed by atoms with Gasteiger partial charge in [0.25, 0.3) is 0 Å². The summed E-state index contributed by atoms with van der Waals surface area (Å²) >= 11 is 5.54. The first-order chi connectivity index (χ1) is 3.68. The molecule has 0 aliphatic carbocycles. The molecule has 8 heavy (non-hydrogen) atoms. The molecule has 0 heterocycles. The fraction of sp³-hybridized carbons (Fsp3) is 0.167. The minimum atomic E-state index is 0.556. The molecule has 0 N–H and O–H groups in total. The standard InChI is InChI=1S/C6H8ClN/c1-5(2)6(7)4-8-3/h4H,1,3H2,2H3/b6-4+. The molecule has 0 unspecified atom stereocenters. The van der Waals surface area contributed by atoms with Crippen molar-refractivity contribution in [3.63, 3.8) is 0 Å². The van der Waals surface area contributed by atoms with Gasteiger partial charge in [0.1, 0.15) is 0 Å². The van der Waals surface area contributed by atoms with E-state index in [4.69, 9.17) is 11.6 Å². The van der Waals surface area contributed by atoms with Crippen LogP contribution in [0.4, 0.5) is 0 Å². The summed E-state index contributed by atoms with van der Waals surface area (Å²) in [7, 11) is 0. The minimum Gasteiger partial charge on any atom is -0.271 e. The van der Waals surface area contributed by atoms with E-state index in [1.165, 1.54) is 6.20 Å². The molecule has 0 spiro atoms. The summed E-state index contributed by atoms with van der Waals surface area (Å²) in [5.74, 6) is 0. The number of rotatable bonds is 2. The number of hydrogen-bond donors (Lipinski definition) is 0. The fourth-order valence-electron chi connectivity index (χ4n) is 0.190. The summed E-state index contributed by atoms with van der Waals surface area (Å²) in [5, 5.41) is 0.556. The van der Waals surface area contributed by atoms with Crippen molar-refractivity contribution in [2.45, 2.75) is 6.92 Å². The molecule has 2 heteroatoms. The van der Waals surface area contributed by atoms with Crippen LogP contribution >= 0.6 is 11.6 Å². The molecular weight excluding hydrogens is 122 g/mol. The molecule has 0 atom stereocenters. The van der Waals surface area contributed by atoms with Gasteiger partial charge >= 0.3 is 0 Å². The van der Waals surface area contributed by atoms with Crippen molar-refractivity contribution < 1.29 is 0 Å². The van der Waals surface area contributed by atoms with Crippen LogP contribution in [-0.2, 0) is 0 Å². The first-order valence-corrected chi connectivity index (χ1v) is 2.53. The number of aliphatic imine (C=N–C) groups is 1. The highest BCUT2D eigenvalue weighted by molar-refractivity contribution is 6.31. The Morgan fingerprint density at radius 2 is 2.25 bits per heavy atom. The monoisotopic (exact) mass is 129 g/mol. The van der Waals surface area contributed by atoms with Crippen molar-refractivity contribution in [1.29, 1.82) is 0 Å². The maximum atomic E-state index is 5.54. The van der Waals surface area contributed by atoms with E-state index in [0.29, 0.717) is 5.03 Å². The summed E-state index contributed by atoms with van der Waals surface area (Å²) in [6.07, 6.45) is 1.46. The summed E-state index contributed by atoms with van der Waals surface area (Å²) in [6.45, 7) is 8.63. The van der Waals surface area contributed by atoms with Gasteiger partial charge in [0.05, 0.1) is 5.03 Å². The number of hydrogen-bond acceptors (Lipinski definition) is 1. The van der Waals surface area contributed by atoms with Crippen molar-refractivity contribution in [2.75, 3.05) is 0 Å². The molecule has 0 aliphatic heterocycles. The quantitative estimate of drug-likeness (QED) is 0.401. The van der Waals surface area contributed by atoms with Gasteiger partial charge in [-0.05, 0) is 19.2 Å². The smallest absolute Gasteiger partial charge is 0.0611 e. The molecule has 0 aromatic rings. The summed E-state index contributed by atoms with van der Waals surface area (Å²) in [5.41, 5.74) is 0.805. The summed E-state index contributed by atoms with van der Waals surface area (Å²) in [6, 6.07) is 0. The molecule has 0 fully saturated rings. The van der Waals surface area contributed by atoms with E-state index in [1.54, 1.807) is 0 Å². The van der Waals surface area contributed by atoms with Crippen LogP contribution in [0.3, 0.4) is 0 Å². The van der Waals surface area contributed by atoms with Crippen LogP contribution in [-0.4, -0.2) is 6.72 Å². The molecule has 0 saturated carbocycles. The van der Waals surface area contributed by atoms with E-state index in [1.807, 2.05) is 6.92 Å². The van der Waals surface area contributed by atoms with E-state index in [2.05, 4.69) is 18.3 Å². The molecule has 0 aliphatic rings. The van der Waals surface area contributed by atoms with Crippen LogP contribution in [0.1, 0.15) is 6.92 Å². The predicted octanol–water partition coefficient (Wildman–Crippen LogP) is 2.34. The first-order valence-electron chi connectivity index (χ1n) is 2.16. The molecule has 0 amide bonds. The Morgan fingerprint density at radius 3 is 2.38 bits per heavy atom. The van der Waals surface area contributed by atoms with Gasteiger partial charge in [0, 0.05) is 6.20 Å². The zero-order chi connectivity index (χ0) is 6.57. The van der Waals surface area contributed by atoms with Gasteiger partial charge in [-0.3, -0.25) is 4.99 Å². The zero-order valence-electron chi connectivity index (χ0n) is 4.82. The Hall–Kier alpha value is -0.560. The van der Waals surface area contributed by atoms with Crippen molar-refractivity contribution in [3.8, 4) is 0 Å². The van der Waals surface area contributed by atoms with Gasteiger partial charge in [0.2, 0.25) is 0 Å². The third-order valence-electron chi connectivity index (χ3n) is 0.612. The van der Waals surface area contributed by atoms with Gasteiger partial charge < -0.3 is 0 Å².